The standard InChI is InChI=1S/C18H18N4O6/c19-21(11-13-7-3-1-4-8-13)17(25)27-15(23)16(24)28-18(26)22(20)12-14-9-5-2-6-10-14/h1-10H,11-12,19-20H2. The summed E-state index contributed by atoms with van der Waals surface area (Å²) >= 11 is 0. The molecule has 0 fully saturated rings. The van der Waals surface area contributed by atoms with Crippen molar-refractivity contribution in [2.75, 3.05) is 0 Å². The molecule has 0 unspecified atom stereocenters. The monoisotopic (exact) mass is 386 g/mol. The first-order valence-corrected chi connectivity index (χ1v) is 8.01. The summed E-state index contributed by atoms with van der Waals surface area (Å²) in [6, 6.07) is 17.3. The van der Waals surface area contributed by atoms with Gasteiger partial charge in [0.25, 0.3) is 0 Å². The molecule has 0 bridgehead atoms. The molecule has 28 heavy (non-hydrogen) atoms. The lowest BCUT2D eigenvalue weighted by Crippen LogP contribution is -2.42. The summed E-state index contributed by atoms with van der Waals surface area (Å²) in [5.74, 6) is 7.59. The van der Waals surface area contributed by atoms with E-state index in [0.29, 0.717) is 21.1 Å². The minimum absolute atomic E-state index is 0.0609. The fraction of sp³-hybridized carbons (Fsp3) is 0.111. The predicted octanol–water partition coefficient (Wildman–Crippen LogP) is 1.06. The lowest BCUT2D eigenvalue weighted by Gasteiger charge is -2.16. The number of hydrazine groups is 2. The average molecular weight is 386 g/mol. The smallest absolute Gasteiger partial charge is 0.366 e. The number of ether oxygens (including phenoxy) is 2. The first-order valence-electron chi connectivity index (χ1n) is 8.01. The maximum atomic E-state index is 11.8. The third-order valence-corrected chi connectivity index (χ3v) is 3.39. The highest BCUT2D eigenvalue weighted by molar-refractivity contribution is 6.33. The Morgan fingerprint density at radius 1 is 0.643 bits per heavy atom. The van der Waals surface area contributed by atoms with Crippen LogP contribution in [0.5, 0.6) is 0 Å². The fourth-order valence-corrected chi connectivity index (χ4v) is 2.05. The minimum atomic E-state index is -1.70. The van der Waals surface area contributed by atoms with Crippen LogP contribution in [-0.4, -0.2) is 34.1 Å². The van der Waals surface area contributed by atoms with E-state index in [1.54, 1.807) is 60.7 Å². The summed E-state index contributed by atoms with van der Waals surface area (Å²) in [6.45, 7) is -0.122. The quantitative estimate of drug-likeness (QED) is 0.198. The van der Waals surface area contributed by atoms with Crippen LogP contribution in [0, 0.1) is 0 Å². The normalized spacial score (nSPS) is 9.93. The first-order chi connectivity index (χ1) is 13.4. The van der Waals surface area contributed by atoms with Gasteiger partial charge in [-0.05, 0) is 11.1 Å². The number of benzene rings is 2. The van der Waals surface area contributed by atoms with Crippen LogP contribution in [0.4, 0.5) is 9.59 Å². The van der Waals surface area contributed by atoms with Crippen LogP contribution < -0.4 is 11.7 Å². The molecule has 0 spiro atoms. The molecule has 2 aromatic rings. The maximum Gasteiger partial charge on any atom is 0.432 e. The molecule has 146 valence electrons. The molecule has 10 heteroatoms. The Labute approximate surface area is 160 Å². The van der Waals surface area contributed by atoms with Crippen molar-refractivity contribution in [1.82, 2.24) is 10.0 Å². The number of nitrogens with zero attached hydrogens (tertiary/aromatic N) is 2. The predicted molar refractivity (Wildman–Crippen MR) is 95.3 cm³/mol. The molecule has 0 aromatic heterocycles. The number of nitrogens with two attached hydrogens (primary N) is 2. The van der Waals surface area contributed by atoms with E-state index in [-0.39, 0.29) is 13.1 Å². The second-order valence-electron chi connectivity index (χ2n) is 5.54. The Balaban J connectivity index is 1.81. The largest absolute Gasteiger partial charge is 0.432 e. The Kier molecular flexibility index (Phi) is 7.20. The molecule has 0 radical (unpaired) electrons. The molecule has 0 aliphatic carbocycles. The van der Waals surface area contributed by atoms with Gasteiger partial charge in [0.15, 0.2) is 0 Å². The number of hydrogen-bond donors (Lipinski definition) is 2. The van der Waals surface area contributed by atoms with Gasteiger partial charge in [-0.3, -0.25) is 0 Å². The van der Waals surface area contributed by atoms with Gasteiger partial charge in [-0.15, -0.1) is 0 Å². The molecular weight excluding hydrogens is 368 g/mol. The summed E-state index contributed by atoms with van der Waals surface area (Å²) < 4.78 is 8.56. The average Bonchev–Trinajstić information content (AvgIpc) is 2.69. The summed E-state index contributed by atoms with van der Waals surface area (Å²) in [4.78, 5) is 46.7. The Morgan fingerprint density at radius 2 is 0.964 bits per heavy atom. The molecule has 4 N–H and O–H groups in total. The van der Waals surface area contributed by atoms with E-state index in [4.69, 9.17) is 11.7 Å². The molecule has 0 atom stereocenters. The third-order valence-electron chi connectivity index (χ3n) is 3.39. The third kappa shape index (κ3) is 6.20. The van der Waals surface area contributed by atoms with Crippen LogP contribution in [0.15, 0.2) is 60.7 Å². The highest BCUT2D eigenvalue weighted by atomic mass is 16.7. The van der Waals surface area contributed by atoms with Crippen molar-refractivity contribution in [3.63, 3.8) is 0 Å². The number of carbonyl (C=O) groups is 4. The lowest BCUT2D eigenvalue weighted by atomic mass is 10.2. The van der Waals surface area contributed by atoms with Crippen molar-refractivity contribution in [2.45, 2.75) is 13.1 Å². The summed E-state index contributed by atoms with van der Waals surface area (Å²) in [7, 11) is 0. The van der Waals surface area contributed by atoms with Crippen molar-refractivity contribution >= 4 is 24.1 Å². The zero-order valence-electron chi connectivity index (χ0n) is 14.7. The van der Waals surface area contributed by atoms with Gasteiger partial charge in [-0.1, -0.05) is 60.7 Å². The van der Waals surface area contributed by atoms with Crippen LogP contribution in [0.2, 0.25) is 0 Å². The highest BCUT2D eigenvalue weighted by Gasteiger charge is 2.27. The number of esters is 2. The zero-order chi connectivity index (χ0) is 20.5. The first kappa shape index (κ1) is 20.6. The van der Waals surface area contributed by atoms with Crippen LogP contribution in [-0.2, 0) is 32.2 Å². The molecule has 2 aromatic carbocycles. The maximum absolute atomic E-state index is 11.8. The van der Waals surface area contributed by atoms with Crippen LogP contribution in [0.25, 0.3) is 0 Å². The van der Waals surface area contributed by atoms with E-state index in [1.165, 1.54) is 0 Å². The van der Waals surface area contributed by atoms with Crippen molar-refractivity contribution in [2.24, 2.45) is 11.7 Å². The SMILES string of the molecule is NN(Cc1ccccc1)C(=O)OC(=O)C(=O)OC(=O)N(N)Cc1ccccc1. The summed E-state index contributed by atoms with van der Waals surface area (Å²) in [5.41, 5.74) is 1.35. The zero-order valence-corrected chi connectivity index (χ0v) is 14.7. The number of rotatable bonds is 4. The number of amides is 2. The van der Waals surface area contributed by atoms with Crippen molar-refractivity contribution < 1.29 is 28.7 Å². The van der Waals surface area contributed by atoms with E-state index in [0.717, 1.165) is 0 Å². The van der Waals surface area contributed by atoms with Gasteiger partial charge in [0.2, 0.25) is 0 Å². The Hall–Kier alpha value is -3.76. The van der Waals surface area contributed by atoms with Crippen molar-refractivity contribution in [1.29, 1.82) is 0 Å². The topological polar surface area (TPSA) is 145 Å². The van der Waals surface area contributed by atoms with Crippen LogP contribution in [0.3, 0.4) is 0 Å². The molecule has 10 nitrogen and oxygen atoms in total. The molecule has 2 rings (SSSR count). The molecule has 0 heterocycles. The Morgan fingerprint density at radius 3 is 1.29 bits per heavy atom. The molecule has 0 saturated heterocycles. The van der Waals surface area contributed by atoms with Crippen LogP contribution >= 0.6 is 0 Å². The van der Waals surface area contributed by atoms with Crippen LogP contribution in [0.1, 0.15) is 11.1 Å². The van der Waals surface area contributed by atoms with Gasteiger partial charge in [0.1, 0.15) is 0 Å². The molecule has 0 saturated carbocycles. The van der Waals surface area contributed by atoms with E-state index < -0.39 is 24.1 Å². The molecular formula is C18H18N4O6. The van der Waals surface area contributed by atoms with E-state index in [1.807, 2.05) is 0 Å². The van der Waals surface area contributed by atoms with Gasteiger partial charge in [-0.2, -0.15) is 0 Å². The molecule has 0 aliphatic rings. The van der Waals surface area contributed by atoms with E-state index >= 15 is 0 Å². The highest BCUT2D eigenvalue weighted by Crippen LogP contribution is 2.04. The fourth-order valence-electron chi connectivity index (χ4n) is 2.05. The summed E-state index contributed by atoms with van der Waals surface area (Å²) in [6.07, 6.45) is -2.57. The van der Waals surface area contributed by atoms with Gasteiger partial charge >= 0.3 is 24.1 Å². The van der Waals surface area contributed by atoms with E-state index in [2.05, 4.69) is 9.47 Å². The minimum Gasteiger partial charge on any atom is -0.366 e. The Bertz CT molecular complexity index is 772. The van der Waals surface area contributed by atoms with Gasteiger partial charge in [-0.25, -0.2) is 40.9 Å². The number of carbonyl (C=O) groups excluding carboxylic acids is 4. The second kappa shape index (κ2) is 9.80. The van der Waals surface area contributed by atoms with E-state index in [9.17, 15) is 19.2 Å². The van der Waals surface area contributed by atoms with Gasteiger partial charge < -0.3 is 9.47 Å². The molecule has 2 amide bonds. The van der Waals surface area contributed by atoms with Gasteiger partial charge in [0.05, 0.1) is 13.1 Å². The molecule has 0 aliphatic heterocycles. The second-order valence-corrected chi connectivity index (χ2v) is 5.54. The van der Waals surface area contributed by atoms with Gasteiger partial charge in [0, 0.05) is 0 Å². The number of hydrogen-bond acceptors (Lipinski definition) is 8. The lowest BCUT2D eigenvalue weighted by molar-refractivity contribution is -0.161. The van der Waals surface area contributed by atoms with Crippen molar-refractivity contribution in [3.8, 4) is 0 Å². The van der Waals surface area contributed by atoms with Crippen molar-refractivity contribution in [3.05, 3.63) is 71.8 Å². The summed E-state index contributed by atoms with van der Waals surface area (Å²) in [5, 5.41) is 1.18.